The first-order valence-corrected chi connectivity index (χ1v) is 8.51. The molecule has 0 radical (unpaired) electrons. The highest BCUT2D eigenvalue weighted by atomic mass is 19.4. The Hall–Kier alpha value is -3.70. The van der Waals surface area contributed by atoms with E-state index in [-0.39, 0.29) is 17.0 Å². The predicted octanol–water partition coefficient (Wildman–Crippen LogP) is 3.22. The van der Waals surface area contributed by atoms with Gasteiger partial charge in [0.05, 0.1) is 11.3 Å². The summed E-state index contributed by atoms with van der Waals surface area (Å²) in [6, 6.07) is 8.67. The molecule has 0 aromatic heterocycles. The number of carbonyl (C=O) groups excluding carboxylic acids is 3. The molecule has 0 saturated heterocycles. The third-order valence-electron chi connectivity index (χ3n) is 3.61. The van der Waals surface area contributed by atoms with Gasteiger partial charge in [-0.3, -0.25) is 14.4 Å². The minimum Gasteiger partial charge on any atom is -0.454 e. The van der Waals surface area contributed by atoms with Gasteiger partial charge in [-0.2, -0.15) is 22.0 Å². The predicted molar refractivity (Wildman–Crippen MR) is 96.4 cm³/mol. The number of alkyl halides is 5. The van der Waals surface area contributed by atoms with E-state index in [1.807, 2.05) is 0 Å². The SMILES string of the molecule is O=C(COC(=O)CNC(=O)c1ccc(C(F)(F)F)cc1)Nc1ccccc1OC(F)F. The number of esters is 1. The molecule has 166 valence electrons. The van der Waals surface area contributed by atoms with Crippen LogP contribution in [0.4, 0.5) is 27.6 Å². The molecular formula is C19H15F5N2O5. The van der Waals surface area contributed by atoms with Gasteiger partial charge in [-0.25, -0.2) is 0 Å². The summed E-state index contributed by atoms with van der Waals surface area (Å²) in [4.78, 5) is 35.3. The molecule has 31 heavy (non-hydrogen) atoms. The Balaban J connectivity index is 1.79. The molecule has 0 aliphatic carbocycles. The topological polar surface area (TPSA) is 93.7 Å². The van der Waals surface area contributed by atoms with Crippen molar-refractivity contribution in [2.45, 2.75) is 12.8 Å². The molecule has 7 nitrogen and oxygen atoms in total. The van der Waals surface area contributed by atoms with Gasteiger partial charge in [0.15, 0.2) is 6.61 Å². The van der Waals surface area contributed by atoms with E-state index in [1.54, 1.807) is 0 Å². The van der Waals surface area contributed by atoms with Crippen LogP contribution in [0.1, 0.15) is 15.9 Å². The molecule has 2 rings (SSSR count). The second-order valence-corrected chi connectivity index (χ2v) is 5.84. The number of hydrogen-bond acceptors (Lipinski definition) is 5. The first-order valence-electron chi connectivity index (χ1n) is 8.51. The second-order valence-electron chi connectivity index (χ2n) is 5.84. The highest BCUT2D eigenvalue weighted by molar-refractivity contribution is 5.97. The van der Waals surface area contributed by atoms with Crippen molar-refractivity contribution in [1.82, 2.24) is 5.32 Å². The largest absolute Gasteiger partial charge is 0.454 e. The second kappa shape index (κ2) is 10.4. The van der Waals surface area contributed by atoms with Crippen molar-refractivity contribution in [2.75, 3.05) is 18.5 Å². The molecular weight excluding hydrogens is 431 g/mol. The third kappa shape index (κ3) is 7.57. The number of halogens is 5. The molecule has 0 bridgehead atoms. The Bertz CT molecular complexity index is 932. The van der Waals surface area contributed by atoms with Gasteiger partial charge in [-0.05, 0) is 36.4 Å². The van der Waals surface area contributed by atoms with Crippen LogP contribution in [0.5, 0.6) is 5.75 Å². The molecule has 0 fully saturated rings. The fourth-order valence-electron chi connectivity index (χ4n) is 2.22. The number of nitrogens with one attached hydrogen (secondary N) is 2. The van der Waals surface area contributed by atoms with Crippen LogP contribution in [0.2, 0.25) is 0 Å². The van der Waals surface area contributed by atoms with Crippen molar-refractivity contribution < 1.29 is 45.8 Å². The lowest BCUT2D eigenvalue weighted by atomic mass is 10.1. The van der Waals surface area contributed by atoms with Crippen LogP contribution in [-0.4, -0.2) is 37.5 Å². The van der Waals surface area contributed by atoms with Crippen LogP contribution in [0.3, 0.4) is 0 Å². The Morgan fingerprint density at radius 2 is 1.61 bits per heavy atom. The van der Waals surface area contributed by atoms with Gasteiger partial charge in [0.25, 0.3) is 11.8 Å². The van der Waals surface area contributed by atoms with Crippen LogP contribution in [-0.2, 0) is 20.5 Å². The van der Waals surface area contributed by atoms with Gasteiger partial charge in [-0.15, -0.1) is 0 Å². The standard InChI is InChI=1S/C19H15F5N2O5/c20-18(21)31-14-4-2-1-3-13(14)26-15(27)10-30-16(28)9-25-17(29)11-5-7-12(8-6-11)19(22,23)24/h1-8,18H,9-10H2,(H,25,29)(H,26,27). The summed E-state index contributed by atoms with van der Waals surface area (Å²) in [6.07, 6.45) is -4.55. The summed E-state index contributed by atoms with van der Waals surface area (Å²) in [5.74, 6) is -2.98. The zero-order valence-electron chi connectivity index (χ0n) is 15.5. The quantitative estimate of drug-likeness (QED) is 0.480. The van der Waals surface area contributed by atoms with Crippen molar-refractivity contribution in [1.29, 1.82) is 0 Å². The summed E-state index contributed by atoms with van der Waals surface area (Å²) < 4.78 is 71.1. The molecule has 2 aromatic carbocycles. The van der Waals surface area contributed by atoms with Crippen molar-refractivity contribution in [3.63, 3.8) is 0 Å². The summed E-state index contributed by atoms with van der Waals surface area (Å²) in [5, 5.41) is 4.36. The summed E-state index contributed by atoms with van der Waals surface area (Å²) in [6.45, 7) is -4.54. The minimum absolute atomic E-state index is 0.0699. The van der Waals surface area contributed by atoms with E-state index < -0.39 is 49.3 Å². The van der Waals surface area contributed by atoms with E-state index in [0.717, 1.165) is 12.1 Å². The summed E-state index contributed by atoms with van der Waals surface area (Å²) in [5.41, 5.74) is -1.12. The van der Waals surface area contributed by atoms with E-state index in [2.05, 4.69) is 20.1 Å². The summed E-state index contributed by atoms with van der Waals surface area (Å²) >= 11 is 0. The number of benzene rings is 2. The molecule has 0 saturated carbocycles. The zero-order valence-corrected chi connectivity index (χ0v) is 15.5. The van der Waals surface area contributed by atoms with Crippen molar-refractivity contribution in [3.8, 4) is 5.75 Å². The van der Waals surface area contributed by atoms with Crippen LogP contribution < -0.4 is 15.4 Å². The van der Waals surface area contributed by atoms with E-state index >= 15 is 0 Å². The lowest BCUT2D eigenvalue weighted by Gasteiger charge is -2.12. The van der Waals surface area contributed by atoms with Gasteiger partial charge in [0.2, 0.25) is 0 Å². The molecule has 0 atom stereocenters. The normalized spacial score (nSPS) is 11.0. The Labute approximate surface area is 172 Å². The Morgan fingerprint density at radius 3 is 2.23 bits per heavy atom. The number of para-hydroxylation sites is 2. The molecule has 2 amide bonds. The minimum atomic E-state index is -4.55. The maximum absolute atomic E-state index is 12.5. The van der Waals surface area contributed by atoms with E-state index in [4.69, 9.17) is 0 Å². The van der Waals surface area contributed by atoms with Crippen LogP contribution >= 0.6 is 0 Å². The maximum atomic E-state index is 12.5. The van der Waals surface area contributed by atoms with Crippen LogP contribution in [0, 0.1) is 0 Å². The van der Waals surface area contributed by atoms with E-state index in [9.17, 15) is 36.3 Å². The number of amides is 2. The summed E-state index contributed by atoms with van der Waals surface area (Å²) in [7, 11) is 0. The lowest BCUT2D eigenvalue weighted by Crippen LogP contribution is -2.32. The molecule has 0 heterocycles. The van der Waals surface area contributed by atoms with Gasteiger partial charge >= 0.3 is 18.8 Å². The third-order valence-corrected chi connectivity index (χ3v) is 3.61. The number of carbonyl (C=O) groups is 3. The monoisotopic (exact) mass is 446 g/mol. The Kier molecular flexibility index (Phi) is 7.88. The number of rotatable bonds is 8. The highest BCUT2D eigenvalue weighted by Crippen LogP contribution is 2.29. The van der Waals surface area contributed by atoms with Crippen molar-refractivity contribution in [3.05, 3.63) is 59.7 Å². The zero-order chi connectivity index (χ0) is 23.0. The average molecular weight is 446 g/mol. The van der Waals surface area contributed by atoms with Gasteiger partial charge in [0.1, 0.15) is 12.3 Å². The Morgan fingerprint density at radius 1 is 0.968 bits per heavy atom. The van der Waals surface area contributed by atoms with E-state index in [0.29, 0.717) is 12.1 Å². The van der Waals surface area contributed by atoms with Gasteiger partial charge < -0.3 is 20.1 Å². The van der Waals surface area contributed by atoms with Crippen molar-refractivity contribution in [2.24, 2.45) is 0 Å². The molecule has 0 aliphatic rings. The fraction of sp³-hybridized carbons (Fsp3) is 0.211. The van der Waals surface area contributed by atoms with Crippen LogP contribution in [0.15, 0.2) is 48.5 Å². The number of ether oxygens (including phenoxy) is 2. The number of hydrogen-bond donors (Lipinski definition) is 2. The smallest absolute Gasteiger partial charge is 0.416 e. The first kappa shape index (κ1) is 23.6. The molecule has 2 N–H and O–H groups in total. The fourth-order valence-corrected chi connectivity index (χ4v) is 2.22. The molecule has 0 unspecified atom stereocenters. The average Bonchev–Trinajstić information content (AvgIpc) is 2.71. The molecule has 12 heteroatoms. The number of anilines is 1. The van der Waals surface area contributed by atoms with Gasteiger partial charge in [-0.1, -0.05) is 12.1 Å². The first-order chi connectivity index (χ1) is 14.6. The van der Waals surface area contributed by atoms with Crippen LogP contribution in [0.25, 0.3) is 0 Å². The van der Waals surface area contributed by atoms with Crippen molar-refractivity contribution >= 4 is 23.5 Å². The molecule has 2 aromatic rings. The molecule has 0 spiro atoms. The maximum Gasteiger partial charge on any atom is 0.416 e. The lowest BCUT2D eigenvalue weighted by molar-refractivity contribution is -0.146. The molecule has 0 aliphatic heterocycles. The van der Waals surface area contributed by atoms with E-state index in [1.165, 1.54) is 24.3 Å². The van der Waals surface area contributed by atoms with Gasteiger partial charge in [0, 0.05) is 5.56 Å². The highest BCUT2D eigenvalue weighted by Gasteiger charge is 2.30.